The average molecular weight is 253 g/mol. The molecule has 1 aliphatic rings. The summed E-state index contributed by atoms with van der Waals surface area (Å²) in [7, 11) is 0. The molecule has 17 heavy (non-hydrogen) atoms. The Morgan fingerprint density at radius 3 is 3.18 bits per heavy atom. The molecule has 0 bridgehead atoms. The summed E-state index contributed by atoms with van der Waals surface area (Å²) >= 11 is 1.85. The number of nitrogens with one attached hydrogen (secondary N) is 1. The number of hydrogen-bond donors (Lipinski definition) is 1. The lowest BCUT2D eigenvalue weighted by Gasteiger charge is -2.22. The Morgan fingerprint density at radius 1 is 1.53 bits per heavy atom. The van der Waals surface area contributed by atoms with Crippen molar-refractivity contribution >= 4 is 16.5 Å². The molecule has 3 nitrogen and oxygen atoms in total. The molecule has 1 aromatic rings. The van der Waals surface area contributed by atoms with Crippen molar-refractivity contribution in [2.24, 2.45) is 0 Å². The molecular formula is C13H23N3S. The van der Waals surface area contributed by atoms with Crippen LogP contribution >= 0.6 is 11.3 Å². The molecule has 0 radical (unpaired) electrons. The van der Waals surface area contributed by atoms with Gasteiger partial charge in [-0.25, -0.2) is 4.98 Å². The van der Waals surface area contributed by atoms with Crippen molar-refractivity contribution in [2.75, 3.05) is 18.0 Å². The summed E-state index contributed by atoms with van der Waals surface area (Å²) < 4.78 is 0. The van der Waals surface area contributed by atoms with Gasteiger partial charge in [-0.1, -0.05) is 13.8 Å². The molecule has 0 spiro atoms. The molecule has 4 heteroatoms. The highest BCUT2D eigenvalue weighted by atomic mass is 32.1. The van der Waals surface area contributed by atoms with E-state index in [2.05, 4.69) is 29.0 Å². The third-order valence-corrected chi connectivity index (χ3v) is 4.40. The van der Waals surface area contributed by atoms with Crippen LogP contribution in [0.3, 0.4) is 0 Å². The Bertz CT molecular complexity index is 337. The fourth-order valence-corrected chi connectivity index (χ4v) is 3.39. The maximum atomic E-state index is 4.58. The van der Waals surface area contributed by atoms with E-state index < -0.39 is 0 Å². The zero-order valence-corrected chi connectivity index (χ0v) is 11.7. The van der Waals surface area contributed by atoms with E-state index in [0.717, 1.165) is 19.1 Å². The van der Waals surface area contributed by atoms with Crippen LogP contribution in [0.5, 0.6) is 0 Å². The van der Waals surface area contributed by atoms with Crippen LogP contribution in [0.25, 0.3) is 0 Å². The first-order valence-corrected chi connectivity index (χ1v) is 7.58. The Kier molecular flexibility index (Phi) is 4.80. The molecule has 1 saturated heterocycles. The molecule has 96 valence electrons. The van der Waals surface area contributed by atoms with Crippen LogP contribution in [0.1, 0.15) is 44.4 Å². The predicted octanol–water partition coefficient (Wildman–Crippen LogP) is 3.02. The summed E-state index contributed by atoms with van der Waals surface area (Å²) in [6.07, 6.45) is 7.12. The summed E-state index contributed by atoms with van der Waals surface area (Å²) in [6.45, 7) is 7.72. The lowest BCUT2D eigenvalue weighted by molar-refractivity contribution is 0.644. The second-order valence-electron chi connectivity index (χ2n) is 4.68. The van der Waals surface area contributed by atoms with Gasteiger partial charge in [-0.15, -0.1) is 11.3 Å². The largest absolute Gasteiger partial charge is 0.345 e. The average Bonchev–Trinajstić information content (AvgIpc) is 2.96. The molecule has 2 rings (SSSR count). The molecular weight excluding hydrogens is 230 g/mol. The second-order valence-corrected chi connectivity index (χ2v) is 5.78. The molecule has 1 atom stereocenters. The number of nitrogens with zero attached hydrogens (tertiary/aromatic N) is 2. The van der Waals surface area contributed by atoms with Crippen molar-refractivity contribution in [1.82, 2.24) is 10.3 Å². The summed E-state index contributed by atoms with van der Waals surface area (Å²) in [4.78, 5) is 8.43. The highest BCUT2D eigenvalue weighted by molar-refractivity contribution is 7.15. The van der Waals surface area contributed by atoms with E-state index in [4.69, 9.17) is 0 Å². The number of thiazole rings is 1. The standard InChI is InChI=1S/C13H23N3S/c1-3-7-14-9-12-10-15-13(17-12)16-8-5-6-11(16)4-2/h10-11,14H,3-9H2,1-2H3. The molecule has 1 fully saturated rings. The van der Waals surface area contributed by atoms with E-state index in [9.17, 15) is 0 Å². The molecule has 0 amide bonds. The first kappa shape index (κ1) is 12.8. The van der Waals surface area contributed by atoms with Gasteiger partial charge in [-0.05, 0) is 32.2 Å². The van der Waals surface area contributed by atoms with Gasteiger partial charge in [-0.2, -0.15) is 0 Å². The third-order valence-electron chi connectivity index (χ3n) is 3.36. The van der Waals surface area contributed by atoms with E-state index in [0.29, 0.717) is 0 Å². The van der Waals surface area contributed by atoms with Crippen LogP contribution in [-0.4, -0.2) is 24.1 Å². The highest BCUT2D eigenvalue weighted by Crippen LogP contribution is 2.30. The fourth-order valence-electron chi connectivity index (χ4n) is 2.41. The highest BCUT2D eigenvalue weighted by Gasteiger charge is 2.25. The molecule has 0 aromatic carbocycles. The van der Waals surface area contributed by atoms with Crippen molar-refractivity contribution in [1.29, 1.82) is 0 Å². The quantitative estimate of drug-likeness (QED) is 0.790. The number of rotatable bonds is 6. The zero-order chi connectivity index (χ0) is 12.1. The molecule has 1 N–H and O–H groups in total. The summed E-state index contributed by atoms with van der Waals surface area (Å²) in [5, 5.41) is 4.66. The summed E-state index contributed by atoms with van der Waals surface area (Å²) in [5.41, 5.74) is 0. The summed E-state index contributed by atoms with van der Waals surface area (Å²) in [5.74, 6) is 0. The fraction of sp³-hybridized carbons (Fsp3) is 0.769. The van der Waals surface area contributed by atoms with Gasteiger partial charge in [0.1, 0.15) is 0 Å². The maximum Gasteiger partial charge on any atom is 0.185 e. The van der Waals surface area contributed by atoms with Crippen molar-refractivity contribution in [3.05, 3.63) is 11.1 Å². The molecule has 1 aliphatic heterocycles. The van der Waals surface area contributed by atoms with E-state index in [-0.39, 0.29) is 0 Å². The van der Waals surface area contributed by atoms with Gasteiger partial charge in [0, 0.05) is 30.2 Å². The predicted molar refractivity (Wildman–Crippen MR) is 74.8 cm³/mol. The molecule has 0 aliphatic carbocycles. The molecule has 1 aromatic heterocycles. The van der Waals surface area contributed by atoms with E-state index in [1.165, 1.54) is 42.2 Å². The lowest BCUT2D eigenvalue weighted by atomic mass is 10.2. The number of hydrogen-bond acceptors (Lipinski definition) is 4. The molecule has 1 unspecified atom stereocenters. The van der Waals surface area contributed by atoms with Crippen molar-refractivity contribution in [3.8, 4) is 0 Å². The second kappa shape index (κ2) is 6.36. The maximum absolute atomic E-state index is 4.58. The number of anilines is 1. The Labute approximate surface area is 108 Å². The van der Waals surface area contributed by atoms with Crippen LogP contribution in [0.4, 0.5) is 5.13 Å². The molecule has 2 heterocycles. The minimum Gasteiger partial charge on any atom is -0.345 e. The summed E-state index contributed by atoms with van der Waals surface area (Å²) in [6, 6.07) is 0.720. The minimum absolute atomic E-state index is 0.720. The van der Waals surface area contributed by atoms with E-state index in [1.807, 2.05) is 17.5 Å². The topological polar surface area (TPSA) is 28.2 Å². The Balaban J connectivity index is 1.93. The minimum atomic E-state index is 0.720. The molecule has 0 saturated carbocycles. The van der Waals surface area contributed by atoms with Gasteiger partial charge in [0.15, 0.2) is 5.13 Å². The zero-order valence-electron chi connectivity index (χ0n) is 10.9. The SMILES string of the molecule is CCCNCc1cnc(N2CCCC2CC)s1. The van der Waals surface area contributed by atoms with Crippen molar-refractivity contribution in [2.45, 2.75) is 52.1 Å². The van der Waals surface area contributed by atoms with Crippen molar-refractivity contribution in [3.63, 3.8) is 0 Å². The Hall–Kier alpha value is -0.610. The van der Waals surface area contributed by atoms with Gasteiger partial charge >= 0.3 is 0 Å². The van der Waals surface area contributed by atoms with Gasteiger partial charge in [0.2, 0.25) is 0 Å². The van der Waals surface area contributed by atoms with Crippen molar-refractivity contribution < 1.29 is 0 Å². The van der Waals surface area contributed by atoms with E-state index >= 15 is 0 Å². The third kappa shape index (κ3) is 3.19. The Morgan fingerprint density at radius 2 is 2.41 bits per heavy atom. The van der Waals surface area contributed by atoms with Crippen LogP contribution in [-0.2, 0) is 6.54 Å². The van der Waals surface area contributed by atoms with Gasteiger partial charge in [0.05, 0.1) is 0 Å². The van der Waals surface area contributed by atoms with Crippen LogP contribution < -0.4 is 10.2 Å². The van der Waals surface area contributed by atoms with Gasteiger partial charge < -0.3 is 10.2 Å². The van der Waals surface area contributed by atoms with Gasteiger partial charge in [0.25, 0.3) is 0 Å². The van der Waals surface area contributed by atoms with Crippen LogP contribution in [0, 0.1) is 0 Å². The van der Waals surface area contributed by atoms with Crippen LogP contribution in [0.15, 0.2) is 6.20 Å². The van der Waals surface area contributed by atoms with Crippen LogP contribution in [0.2, 0.25) is 0 Å². The number of aromatic nitrogens is 1. The first-order valence-electron chi connectivity index (χ1n) is 6.77. The monoisotopic (exact) mass is 253 g/mol. The van der Waals surface area contributed by atoms with Gasteiger partial charge in [-0.3, -0.25) is 0 Å². The smallest absolute Gasteiger partial charge is 0.185 e. The van der Waals surface area contributed by atoms with E-state index in [1.54, 1.807) is 0 Å². The lowest BCUT2D eigenvalue weighted by Crippen LogP contribution is -2.28. The first-order chi connectivity index (χ1) is 8.35. The normalized spacial score (nSPS) is 20.1.